The highest BCUT2D eigenvalue weighted by atomic mass is 79.9. The average molecular weight is 459 g/mol. The average Bonchev–Trinajstić information content (AvgIpc) is 2.65. The van der Waals surface area contributed by atoms with Gasteiger partial charge in [0, 0.05) is 28.7 Å². The fourth-order valence-corrected chi connectivity index (χ4v) is 3.59. The van der Waals surface area contributed by atoms with Crippen molar-refractivity contribution in [2.45, 2.75) is 12.2 Å². The molecule has 0 radical (unpaired) electrons. The number of alkyl halides is 3. The smallest absolute Gasteiger partial charge is 0.416 e. The second kappa shape index (κ2) is 8.00. The molecule has 0 aromatic heterocycles. The Balaban J connectivity index is 1.86. The van der Waals surface area contributed by atoms with Gasteiger partial charge in [-0.15, -0.1) is 0 Å². The van der Waals surface area contributed by atoms with Crippen LogP contribution in [-0.4, -0.2) is 36.3 Å². The number of anilines is 1. The minimum absolute atomic E-state index is 0.0359. The number of carbonyl (C=O) groups is 1. The number of halogens is 4. The molecule has 2 N–H and O–H groups in total. The van der Waals surface area contributed by atoms with E-state index in [4.69, 9.17) is 4.74 Å². The predicted octanol–water partition coefficient (Wildman–Crippen LogP) is 4.67. The van der Waals surface area contributed by atoms with Crippen molar-refractivity contribution in [1.82, 2.24) is 4.90 Å². The summed E-state index contributed by atoms with van der Waals surface area (Å²) in [6.07, 6.45) is -4.50. The van der Waals surface area contributed by atoms with E-state index in [0.29, 0.717) is 11.3 Å². The Morgan fingerprint density at radius 1 is 1.32 bits per heavy atom. The molecule has 28 heavy (non-hydrogen) atoms. The zero-order chi connectivity index (χ0) is 20.5. The molecular formula is C19H18BrF3N2O3. The number of aliphatic hydroxyl groups excluding tert-OH is 1. The summed E-state index contributed by atoms with van der Waals surface area (Å²) in [6, 6.07) is 8.71. The monoisotopic (exact) mass is 458 g/mol. The van der Waals surface area contributed by atoms with Crippen LogP contribution in [0.4, 0.5) is 23.7 Å². The Hall–Kier alpha value is -2.26. The van der Waals surface area contributed by atoms with Gasteiger partial charge in [-0.3, -0.25) is 0 Å². The molecule has 3 rings (SSSR count). The molecule has 1 aliphatic heterocycles. The van der Waals surface area contributed by atoms with Gasteiger partial charge in [0.15, 0.2) is 0 Å². The molecule has 2 aromatic carbocycles. The number of hydrogen-bond donors (Lipinski definition) is 2. The van der Waals surface area contributed by atoms with Gasteiger partial charge >= 0.3 is 12.2 Å². The lowest BCUT2D eigenvalue weighted by atomic mass is 9.90. The minimum Gasteiger partial charge on any atom is -0.493 e. The summed E-state index contributed by atoms with van der Waals surface area (Å²) < 4.78 is 45.1. The summed E-state index contributed by atoms with van der Waals surface area (Å²) >= 11 is 3.38. The van der Waals surface area contributed by atoms with Gasteiger partial charge in [0.25, 0.3) is 0 Å². The zero-order valence-corrected chi connectivity index (χ0v) is 16.4. The molecule has 2 aromatic rings. The van der Waals surface area contributed by atoms with E-state index < -0.39 is 23.8 Å². The molecule has 150 valence electrons. The Morgan fingerprint density at radius 3 is 2.75 bits per heavy atom. The number of carbonyl (C=O) groups excluding carboxylic acids is 1. The molecule has 0 saturated heterocycles. The van der Waals surface area contributed by atoms with Crippen molar-refractivity contribution in [3.05, 3.63) is 58.1 Å². The summed E-state index contributed by atoms with van der Waals surface area (Å²) in [5.74, 6) is 0.218. The van der Waals surface area contributed by atoms with Crippen LogP contribution in [-0.2, 0) is 6.18 Å². The molecule has 1 heterocycles. The molecule has 2 amide bonds. The van der Waals surface area contributed by atoms with Crippen LogP contribution in [0.2, 0.25) is 0 Å². The van der Waals surface area contributed by atoms with Crippen molar-refractivity contribution in [3.8, 4) is 5.75 Å². The van der Waals surface area contributed by atoms with Crippen molar-refractivity contribution in [2.24, 2.45) is 5.92 Å². The van der Waals surface area contributed by atoms with E-state index in [1.165, 1.54) is 24.1 Å². The molecule has 0 fully saturated rings. The third kappa shape index (κ3) is 4.25. The number of nitrogens with zero attached hydrogens (tertiary/aromatic N) is 1. The van der Waals surface area contributed by atoms with Gasteiger partial charge in [0.2, 0.25) is 0 Å². The molecule has 2 atom stereocenters. The molecular weight excluding hydrogens is 441 g/mol. The summed E-state index contributed by atoms with van der Waals surface area (Å²) in [5, 5.41) is 12.2. The number of nitrogens with one attached hydrogen (secondary N) is 1. The van der Waals surface area contributed by atoms with Crippen molar-refractivity contribution in [2.75, 3.05) is 25.6 Å². The van der Waals surface area contributed by atoms with Gasteiger partial charge in [-0.05, 0) is 36.4 Å². The molecule has 2 unspecified atom stereocenters. The number of urea groups is 1. The Kier molecular flexibility index (Phi) is 5.85. The lowest BCUT2D eigenvalue weighted by Gasteiger charge is -2.38. The Labute approximate surface area is 168 Å². The van der Waals surface area contributed by atoms with Gasteiger partial charge in [0.1, 0.15) is 5.75 Å². The van der Waals surface area contributed by atoms with Gasteiger partial charge in [-0.2, -0.15) is 13.2 Å². The molecule has 0 bridgehead atoms. The van der Waals surface area contributed by atoms with Crippen LogP contribution in [0.5, 0.6) is 5.75 Å². The molecule has 0 aliphatic carbocycles. The minimum atomic E-state index is -4.50. The van der Waals surface area contributed by atoms with Crippen molar-refractivity contribution in [1.29, 1.82) is 0 Å². The van der Waals surface area contributed by atoms with E-state index in [2.05, 4.69) is 21.2 Å². The highest BCUT2D eigenvalue weighted by molar-refractivity contribution is 9.10. The molecule has 0 saturated carbocycles. The molecule has 1 aliphatic rings. The molecule has 0 spiro atoms. The fourth-order valence-electron chi connectivity index (χ4n) is 3.21. The van der Waals surface area contributed by atoms with Gasteiger partial charge in [0.05, 0.1) is 24.8 Å². The van der Waals surface area contributed by atoms with Gasteiger partial charge in [-0.1, -0.05) is 22.0 Å². The number of fused-ring (bicyclic) bond motifs is 1. The summed E-state index contributed by atoms with van der Waals surface area (Å²) in [4.78, 5) is 14.1. The fraction of sp³-hybridized carbons (Fsp3) is 0.316. The first-order valence-corrected chi connectivity index (χ1v) is 9.24. The standard InChI is InChI=1S/C19H18BrF3N2O3/c1-25(18(27)24-14-4-2-3-12(7-14)19(21,22)23)17-11(9-26)10-28-16-6-5-13(20)8-15(16)17/h2-8,11,17,26H,9-10H2,1H3,(H,24,27). The third-order valence-corrected chi connectivity index (χ3v) is 5.10. The van der Waals surface area contributed by atoms with Crippen molar-refractivity contribution in [3.63, 3.8) is 0 Å². The van der Waals surface area contributed by atoms with E-state index in [9.17, 15) is 23.1 Å². The SMILES string of the molecule is CN(C(=O)Nc1cccc(C(F)(F)F)c1)C1c2cc(Br)ccc2OCC1CO. The third-order valence-electron chi connectivity index (χ3n) is 4.60. The maximum absolute atomic E-state index is 12.9. The number of benzene rings is 2. The van der Waals surface area contributed by atoms with E-state index >= 15 is 0 Å². The van der Waals surface area contributed by atoms with E-state index in [1.807, 2.05) is 0 Å². The summed E-state index contributed by atoms with van der Waals surface area (Å²) in [6.45, 7) is 0.00871. The molecule has 5 nitrogen and oxygen atoms in total. The second-order valence-corrected chi connectivity index (χ2v) is 7.42. The topological polar surface area (TPSA) is 61.8 Å². The second-order valence-electron chi connectivity index (χ2n) is 6.50. The predicted molar refractivity (Wildman–Crippen MR) is 101 cm³/mol. The lowest BCUT2D eigenvalue weighted by molar-refractivity contribution is -0.137. The maximum Gasteiger partial charge on any atom is 0.416 e. The lowest BCUT2D eigenvalue weighted by Crippen LogP contribution is -2.43. The van der Waals surface area contributed by atoms with Crippen LogP contribution in [0.15, 0.2) is 46.9 Å². The van der Waals surface area contributed by atoms with Crippen LogP contribution < -0.4 is 10.1 Å². The first-order valence-electron chi connectivity index (χ1n) is 8.45. The van der Waals surface area contributed by atoms with Gasteiger partial charge in [-0.25, -0.2) is 4.79 Å². The zero-order valence-electron chi connectivity index (χ0n) is 14.8. The quantitative estimate of drug-likeness (QED) is 0.702. The number of ether oxygens (including phenoxy) is 1. The van der Waals surface area contributed by atoms with Crippen LogP contribution in [0.25, 0.3) is 0 Å². The normalized spacial score (nSPS) is 18.8. The van der Waals surface area contributed by atoms with Crippen LogP contribution >= 0.6 is 15.9 Å². The highest BCUT2D eigenvalue weighted by Crippen LogP contribution is 2.40. The maximum atomic E-state index is 12.9. The number of aliphatic hydroxyl groups is 1. The van der Waals surface area contributed by atoms with Crippen molar-refractivity contribution < 1.29 is 27.8 Å². The van der Waals surface area contributed by atoms with Crippen LogP contribution in [0, 0.1) is 5.92 Å². The largest absolute Gasteiger partial charge is 0.493 e. The van der Waals surface area contributed by atoms with E-state index in [-0.39, 0.29) is 24.8 Å². The summed E-state index contributed by atoms with van der Waals surface area (Å²) in [7, 11) is 1.53. The number of amides is 2. The number of hydrogen-bond acceptors (Lipinski definition) is 3. The van der Waals surface area contributed by atoms with Gasteiger partial charge < -0.3 is 20.1 Å². The van der Waals surface area contributed by atoms with E-state index in [0.717, 1.165) is 16.6 Å². The van der Waals surface area contributed by atoms with Crippen molar-refractivity contribution >= 4 is 27.6 Å². The first-order chi connectivity index (χ1) is 13.2. The van der Waals surface area contributed by atoms with Crippen LogP contribution in [0.3, 0.4) is 0 Å². The van der Waals surface area contributed by atoms with E-state index in [1.54, 1.807) is 18.2 Å². The van der Waals surface area contributed by atoms with Crippen LogP contribution in [0.1, 0.15) is 17.2 Å². The molecule has 9 heteroatoms. The Bertz CT molecular complexity index is 876. The highest BCUT2D eigenvalue weighted by Gasteiger charge is 2.36. The number of rotatable bonds is 3. The summed E-state index contributed by atoms with van der Waals surface area (Å²) in [5.41, 5.74) is -0.100. The Morgan fingerprint density at radius 2 is 2.07 bits per heavy atom. The first kappa shape index (κ1) is 20.5.